The van der Waals surface area contributed by atoms with Gasteiger partial charge in [0.2, 0.25) is 0 Å². The van der Waals surface area contributed by atoms with Crippen molar-refractivity contribution in [3.63, 3.8) is 0 Å². The molecule has 1 fully saturated rings. The Balaban J connectivity index is 1.57. The van der Waals surface area contributed by atoms with Crippen LogP contribution in [0.3, 0.4) is 0 Å². The number of aromatic nitrogens is 1. The molecule has 0 unspecified atom stereocenters. The largest absolute Gasteiger partial charge is 0.379 e. The average Bonchev–Trinajstić information content (AvgIpc) is 3.15. The fourth-order valence-electron chi connectivity index (χ4n) is 4.06. The summed E-state index contributed by atoms with van der Waals surface area (Å²) in [4.78, 5) is 15.3. The highest BCUT2D eigenvalue weighted by Crippen LogP contribution is 2.30. The van der Waals surface area contributed by atoms with Gasteiger partial charge >= 0.3 is 0 Å². The first-order valence-corrected chi connectivity index (χ1v) is 10.9. The number of hydrogen-bond donors (Lipinski definition) is 1. The zero-order chi connectivity index (χ0) is 22.5. The smallest absolute Gasteiger partial charge is 0.253 e. The molecule has 2 heterocycles. The van der Waals surface area contributed by atoms with Gasteiger partial charge in [0.05, 0.1) is 30.2 Å². The molecule has 7 heteroatoms. The summed E-state index contributed by atoms with van der Waals surface area (Å²) in [5.74, 6) is -1.53. The third kappa shape index (κ3) is 4.89. The van der Waals surface area contributed by atoms with Gasteiger partial charge in [-0.25, -0.2) is 8.78 Å². The Morgan fingerprint density at radius 2 is 1.81 bits per heavy atom. The Hall–Kier alpha value is -3.03. The van der Waals surface area contributed by atoms with Crippen LogP contribution in [-0.4, -0.2) is 54.8 Å². The van der Waals surface area contributed by atoms with Crippen molar-refractivity contribution in [2.45, 2.75) is 13.3 Å². The maximum absolute atomic E-state index is 14.7. The van der Waals surface area contributed by atoms with Crippen molar-refractivity contribution in [3.05, 3.63) is 77.5 Å². The SMILES string of the molecule is Cc1c(C(=O)NCCCN2CCOCC2)cc(-c2ccccc2)n1-c1ccc(F)cc1F. The van der Waals surface area contributed by atoms with E-state index in [1.54, 1.807) is 17.6 Å². The van der Waals surface area contributed by atoms with Gasteiger partial charge in [-0.2, -0.15) is 0 Å². The Labute approximate surface area is 186 Å². The Morgan fingerprint density at radius 1 is 1.06 bits per heavy atom. The van der Waals surface area contributed by atoms with E-state index < -0.39 is 11.6 Å². The maximum atomic E-state index is 14.7. The third-order valence-corrected chi connectivity index (χ3v) is 5.75. The molecule has 0 bridgehead atoms. The molecule has 3 aromatic rings. The van der Waals surface area contributed by atoms with E-state index in [4.69, 9.17) is 4.74 Å². The lowest BCUT2D eigenvalue weighted by Crippen LogP contribution is -2.38. The summed E-state index contributed by atoms with van der Waals surface area (Å²) in [7, 11) is 0. The minimum absolute atomic E-state index is 0.203. The van der Waals surface area contributed by atoms with Crippen molar-refractivity contribution < 1.29 is 18.3 Å². The third-order valence-electron chi connectivity index (χ3n) is 5.75. The van der Waals surface area contributed by atoms with Crippen molar-refractivity contribution in [2.24, 2.45) is 0 Å². The van der Waals surface area contributed by atoms with Crippen LogP contribution in [0, 0.1) is 18.6 Å². The fraction of sp³-hybridized carbons (Fsp3) is 0.320. The van der Waals surface area contributed by atoms with Crippen molar-refractivity contribution in [1.29, 1.82) is 0 Å². The van der Waals surface area contributed by atoms with Gasteiger partial charge in [0, 0.05) is 31.4 Å². The molecular formula is C25H27F2N3O2. The molecule has 1 aromatic heterocycles. The lowest BCUT2D eigenvalue weighted by Gasteiger charge is -2.26. The molecule has 1 N–H and O–H groups in total. The molecular weight excluding hydrogens is 412 g/mol. The second-order valence-corrected chi connectivity index (χ2v) is 7.89. The number of ether oxygens (including phenoxy) is 1. The lowest BCUT2D eigenvalue weighted by atomic mass is 10.1. The molecule has 1 saturated heterocycles. The summed E-state index contributed by atoms with van der Waals surface area (Å²) in [6.45, 7) is 6.56. The standard InChI is InChI=1S/C25H27F2N3O2/c1-18-21(25(31)28-10-5-11-29-12-14-32-15-13-29)17-24(19-6-3-2-4-7-19)30(18)23-9-8-20(26)16-22(23)27/h2-4,6-9,16-17H,5,10-15H2,1H3,(H,28,31). The van der Waals surface area contributed by atoms with Crippen molar-refractivity contribution in [2.75, 3.05) is 39.4 Å². The number of halogens is 2. The molecule has 5 nitrogen and oxygen atoms in total. The highest BCUT2D eigenvalue weighted by Gasteiger charge is 2.21. The number of morpholine rings is 1. The summed E-state index contributed by atoms with van der Waals surface area (Å²) in [6.07, 6.45) is 0.837. The molecule has 1 aliphatic heterocycles. The predicted molar refractivity (Wildman–Crippen MR) is 120 cm³/mol. The summed E-state index contributed by atoms with van der Waals surface area (Å²) < 4.78 is 35.2. The number of carbonyl (C=O) groups is 1. The summed E-state index contributed by atoms with van der Waals surface area (Å²) >= 11 is 0. The predicted octanol–water partition coefficient (Wildman–Crippen LogP) is 4.18. The van der Waals surface area contributed by atoms with Gasteiger partial charge in [0.15, 0.2) is 0 Å². The maximum Gasteiger partial charge on any atom is 0.253 e. The van der Waals surface area contributed by atoms with Gasteiger partial charge in [-0.15, -0.1) is 0 Å². The van der Waals surface area contributed by atoms with Crippen LogP contribution < -0.4 is 5.32 Å². The molecule has 0 saturated carbocycles. The summed E-state index contributed by atoms with van der Waals surface area (Å²) in [6, 6.07) is 14.7. The molecule has 0 radical (unpaired) electrons. The van der Waals surface area contributed by atoms with Crippen LogP contribution in [0.2, 0.25) is 0 Å². The minimum Gasteiger partial charge on any atom is -0.379 e. The normalized spacial score (nSPS) is 14.5. The van der Waals surface area contributed by atoms with E-state index in [0.29, 0.717) is 23.5 Å². The molecule has 168 valence electrons. The number of amides is 1. The number of benzene rings is 2. The van der Waals surface area contributed by atoms with E-state index in [1.165, 1.54) is 12.1 Å². The first-order valence-electron chi connectivity index (χ1n) is 10.9. The van der Waals surface area contributed by atoms with Crippen LogP contribution in [-0.2, 0) is 4.74 Å². The Kier molecular flexibility index (Phi) is 6.97. The molecule has 0 spiro atoms. The first-order chi connectivity index (χ1) is 15.5. The second kappa shape index (κ2) is 10.1. The number of nitrogens with one attached hydrogen (secondary N) is 1. The highest BCUT2D eigenvalue weighted by molar-refractivity contribution is 5.97. The van der Waals surface area contributed by atoms with Gasteiger partial charge in [0.1, 0.15) is 11.6 Å². The highest BCUT2D eigenvalue weighted by atomic mass is 19.1. The fourth-order valence-corrected chi connectivity index (χ4v) is 4.06. The van der Waals surface area contributed by atoms with E-state index in [9.17, 15) is 13.6 Å². The summed E-state index contributed by atoms with van der Waals surface area (Å²) in [5, 5.41) is 2.98. The van der Waals surface area contributed by atoms with E-state index in [0.717, 1.165) is 50.9 Å². The first kappa shape index (κ1) is 22.2. The van der Waals surface area contributed by atoms with Crippen molar-refractivity contribution >= 4 is 5.91 Å². The van der Waals surface area contributed by atoms with Crippen molar-refractivity contribution in [1.82, 2.24) is 14.8 Å². The number of nitrogens with zero attached hydrogens (tertiary/aromatic N) is 2. The van der Waals surface area contributed by atoms with Crippen molar-refractivity contribution in [3.8, 4) is 16.9 Å². The molecule has 1 aliphatic rings. The second-order valence-electron chi connectivity index (χ2n) is 7.89. The topological polar surface area (TPSA) is 46.5 Å². The molecule has 0 aliphatic carbocycles. The van der Waals surface area contributed by atoms with E-state index in [1.807, 2.05) is 30.3 Å². The van der Waals surface area contributed by atoms with Crippen LogP contribution in [0.15, 0.2) is 54.6 Å². The minimum atomic E-state index is -0.682. The number of rotatable bonds is 7. The van der Waals surface area contributed by atoms with Gasteiger partial charge in [0.25, 0.3) is 5.91 Å². The Morgan fingerprint density at radius 3 is 2.53 bits per heavy atom. The van der Waals surface area contributed by atoms with Gasteiger partial charge in [-0.05, 0) is 43.7 Å². The van der Waals surface area contributed by atoms with Gasteiger partial charge in [-0.3, -0.25) is 9.69 Å². The van der Waals surface area contributed by atoms with E-state index in [2.05, 4.69) is 10.2 Å². The van der Waals surface area contributed by atoms with Crippen LogP contribution in [0.25, 0.3) is 16.9 Å². The van der Waals surface area contributed by atoms with Gasteiger partial charge < -0.3 is 14.6 Å². The van der Waals surface area contributed by atoms with Crippen LogP contribution in [0.5, 0.6) is 0 Å². The summed E-state index contributed by atoms with van der Waals surface area (Å²) in [5.41, 5.74) is 2.78. The molecule has 0 atom stereocenters. The quantitative estimate of drug-likeness (QED) is 0.562. The van der Waals surface area contributed by atoms with E-state index >= 15 is 0 Å². The van der Waals surface area contributed by atoms with Crippen LogP contribution >= 0.6 is 0 Å². The number of hydrogen-bond acceptors (Lipinski definition) is 3. The van der Waals surface area contributed by atoms with Crippen LogP contribution in [0.4, 0.5) is 8.78 Å². The molecule has 4 rings (SSSR count). The zero-order valence-corrected chi connectivity index (χ0v) is 18.1. The monoisotopic (exact) mass is 439 g/mol. The average molecular weight is 440 g/mol. The molecule has 32 heavy (non-hydrogen) atoms. The van der Waals surface area contributed by atoms with E-state index in [-0.39, 0.29) is 11.6 Å². The Bertz CT molecular complexity index is 1080. The van der Waals surface area contributed by atoms with Gasteiger partial charge in [-0.1, -0.05) is 30.3 Å². The number of carbonyl (C=O) groups excluding carboxylic acids is 1. The lowest BCUT2D eigenvalue weighted by molar-refractivity contribution is 0.0374. The van der Waals surface area contributed by atoms with Crippen LogP contribution in [0.1, 0.15) is 22.5 Å². The molecule has 2 aromatic carbocycles. The zero-order valence-electron chi connectivity index (χ0n) is 18.1. The molecule has 1 amide bonds.